The third kappa shape index (κ3) is 4.48. The minimum atomic E-state index is -1.93. The van der Waals surface area contributed by atoms with Crippen molar-refractivity contribution in [2.45, 2.75) is 58.0 Å². The van der Waals surface area contributed by atoms with E-state index in [0.717, 1.165) is 0 Å². The smallest absolute Gasteiger partial charge is 0.407 e. The molecule has 0 aliphatic carbocycles. The average Bonchev–Trinajstić information content (AvgIpc) is 2.69. The maximum absolute atomic E-state index is 11.2. The molecule has 1 aliphatic heterocycles. The minimum Gasteiger partial charge on any atom is -0.458 e. The second-order valence-electron chi connectivity index (χ2n) is 6.57. The fourth-order valence-electron chi connectivity index (χ4n) is 1.55. The second-order valence-corrected chi connectivity index (χ2v) is 11.4. The van der Waals surface area contributed by atoms with E-state index in [9.17, 15) is 9.59 Å². The molecule has 0 saturated carbocycles. The monoisotopic (exact) mass is 303 g/mol. The van der Waals surface area contributed by atoms with Crippen LogP contribution in [0.15, 0.2) is 0 Å². The SMILES string of the molecule is CC(=O)O[C@H](CO[Si](C)(C)C(C)(C)C)[C@H]1COC(=O)N1. The normalized spacial score (nSPS) is 21.1. The summed E-state index contributed by atoms with van der Waals surface area (Å²) in [6, 6.07) is -0.351. The van der Waals surface area contributed by atoms with E-state index in [0.29, 0.717) is 0 Å². The number of amides is 1. The second kappa shape index (κ2) is 6.13. The fraction of sp³-hybridized carbons (Fsp3) is 0.846. The zero-order chi connectivity index (χ0) is 15.6. The number of rotatable bonds is 5. The molecule has 0 radical (unpaired) electrons. The Kier molecular flexibility index (Phi) is 5.20. The van der Waals surface area contributed by atoms with Gasteiger partial charge in [-0.1, -0.05) is 20.8 Å². The summed E-state index contributed by atoms with van der Waals surface area (Å²) in [6.45, 7) is 12.5. The van der Waals surface area contributed by atoms with E-state index < -0.39 is 26.5 Å². The van der Waals surface area contributed by atoms with Gasteiger partial charge >= 0.3 is 12.1 Å². The van der Waals surface area contributed by atoms with Crippen LogP contribution in [0, 0.1) is 0 Å². The van der Waals surface area contributed by atoms with Crippen LogP contribution in [0.1, 0.15) is 27.7 Å². The van der Waals surface area contributed by atoms with E-state index >= 15 is 0 Å². The van der Waals surface area contributed by atoms with Gasteiger partial charge in [-0.15, -0.1) is 0 Å². The van der Waals surface area contributed by atoms with Crippen molar-refractivity contribution in [1.29, 1.82) is 0 Å². The van der Waals surface area contributed by atoms with Crippen LogP contribution in [0.3, 0.4) is 0 Å². The molecular weight excluding hydrogens is 278 g/mol. The van der Waals surface area contributed by atoms with Crippen LogP contribution in [-0.4, -0.2) is 45.7 Å². The number of carbonyl (C=O) groups excluding carboxylic acids is 2. The van der Waals surface area contributed by atoms with Crippen LogP contribution in [-0.2, 0) is 18.7 Å². The van der Waals surface area contributed by atoms with Gasteiger partial charge in [0.05, 0.1) is 6.61 Å². The lowest BCUT2D eigenvalue weighted by molar-refractivity contribution is -0.149. The van der Waals surface area contributed by atoms with Crippen molar-refractivity contribution < 1.29 is 23.5 Å². The van der Waals surface area contributed by atoms with Gasteiger partial charge in [0.2, 0.25) is 0 Å². The molecule has 20 heavy (non-hydrogen) atoms. The Morgan fingerprint density at radius 1 is 1.50 bits per heavy atom. The molecular formula is C13H25NO5Si. The summed E-state index contributed by atoms with van der Waals surface area (Å²) in [4.78, 5) is 22.3. The quantitative estimate of drug-likeness (QED) is 0.621. The molecule has 0 unspecified atom stereocenters. The maximum atomic E-state index is 11.2. The Labute approximate surface area is 121 Å². The molecule has 1 fully saturated rings. The van der Waals surface area contributed by atoms with Crippen LogP contribution in [0.2, 0.25) is 18.1 Å². The van der Waals surface area contributed by atoms with Crippen LogP contribution in [0.25, 0.3) is 0 Å². The van der Waals surface area contributed by atoms with E-state index in [4.69, 9.17) is 13.9 Å². The van der Waals surface area contributed by atoms with E-state index in [-0.39, 0.29) is 24.3 Å². The first kappa shape index (κ1) is 17.0. The number of carbonyl (C=O) groups is 2. The summed E-state index contributed by atoms with van der Waals surface area (Å²) in [5.74, 6) is -0.394. The van der Waals surface area contributed by atoms with Crippen molar-refractivity contribution in [2.75, 3.05) is 13.2 Å². The molecule has 2 atom stereocenters. The van der Waals surface area contributed by atoms with Crippen molar-refractivity contribution in [3.63, 3.8) is 0 Å². The fourth-order valence-corrected chi connectivity index (χ4v) is 2.57. The third-order valence-electron chi connectivity index (χ3n) is 3.88. The van der Waals surface area contributed by atoms with Crippen LogP contribution in [0.5, 0.6) is 0 Å². The van der Waals surface area contributed by atoms with E-state index in [1.165, 1.54) is 6.92 Å². The van der Waals surface area contributed by atoms with Crippen LogP contribution >= 0.6 is 0 Å². The molecule has 1 rings (SSSR count). The topological polar surface area (TPSA) is 73.9 Å². The van der Waals surface area contributed by atoms with Crippen LogP contribution in [0.4, 0.5) is 4.79 Å². The zero-order valence-electron chi connectivity index (χ0n) is 13.1. The molecule has 0 spiro atoms. The van der Waals surface area contributed by atoms with E-state index in [1.807, 2.05) is 0 Å². The number of cyclic esters (lactones) is 1. The highest BCUT2D eigenvalue weighted by atomic mass is 28.4. The van der Waals surface area contributed by atoms with Gasteiger partial charge in [-0.25, -0.2) is 4.79 Å². The molecule has 1 heterocycles. The highest BCUT2D eigenvalue weighted by Gasteiger charge is 2.40. The largest absolute Gasteiger partial charge is 0.458 e. The lowest BCUT2D eigenvalue weighted by Crippen LogP contribution is -2.48. The first-order valence-electron chi connectivity index (χ1n) is 6.77. The number of esters is 1. The molecule has 1 amide bonds. The third-order valence-corrected chi connectivity index (χ3v) is 8.38. The lowest BCUT2D eigenvalue weighted by atomic mass is 10.2. The van der Waals surface area contributed by atoms with Crippen molar-refractivity contribution in [3.8, 4) is 0 Å². The molecule has 7 heteroatoms. The number of alkyl carbamates (subject to hydrolysis) is 1. The van der Waals surface area contributed by atoms with Crippen LogP contribution < -0.4 is 5.32 Å². The maximum Gasteiger partial charge on any atom is 0.407 e. The molecule has 1 saturated heterocycles. The Bertz CT molecular complexity index is 377. The summed E-state index contributed by atoms with van der Waals surface area (Å²) >= 11 is 0. The summed E-state index contributed by atoms with van der Waals surface area (Å²) in [7, 11) is -1.93. The van der Waals surface area contributed by atoms with Gasteiger partial charge in [-0.3, -0.25) is 4.79 Å². The molecule has 0 aromatic heterocycles. The molecule has 1 aliphatic rings. The summed E-state index contributed by atoms with van der Waals surface area (Å²) in [6.07, 6.45) is -1.01. The minimum absolute atomic E-state index is 0.0726. The van der Waals surface area contributed by atoms with Gasteiger partial charge in [-0.2, -0.15) is 0 Å². The van der Waals surface area contributed by atoms with Gasteiger partial charge in [0.25, 0.3) is 0 Å². The number of hydrogen-bond donors (Lipinski definition) is 1. The van der Waals surface area contributed by atoms with Gasteiger partial charge in [0.1, 0.15) is 18.8 Å². The van der Waals surface area contributed by atoms with E-state index in [2.05, 4.69) is 39.2 Å². The molecule has 0 aromatic carbocycles. The summed E-state index contributed by atoms with van der Waals surface area (Å²) in [5.41, 5.74) is 0. The summed E-state index contributed by atoms with van der Waals surface area (Å²) < 4.78 is 16.2. The predicted octanol–water partition coefficient (Wildman–Crippen LogP) is 2.05. The Balaban J connectivity index is 2.66. The predicted molar refractivity (Wildman–Crippen MR) is 77.0 cm³/mol. The average molecular weight is 303 g/mol. The van der Waals surface area contributed by atoms with Crippen molar-refractivity contribution >= 4 is 20.4 Å². The summed E-state index contributed by atoms with van der Waals surface area (Å²) in [5, 5.41) is 2.70. The zero-order valence-corrected chi connectivity index (χ0v) is 14.1. The molecule has 6 nitrogen and oxygen atoms in total. The van der Waals surface area contributed by atoms with E-state index in [1.54, 1.807) is 0 Å². The van der Waals surface area contributed by atoms with Gasteiger partial charge < -0.3 is 19.2 Å². The number of ether oxygens (including phenoxy) is 2. The van der Waals surface area contributed by atoms with Gasteiger partial charge in [0.15, 0.2) is 8.32 Å². The van der Waals surface area contributed by atoms with Crippen molar-refractivity contribution in [3.05, 3.63) is 0 Å². The standard InChI is InChI=1S/C13H25NO5Si/c1-9(15)19-11(10-7-17-12(16)14-10)8-18-20(5,6)13(2,3)4/h10-11H,7-8H2,1-6H3,(H,14,16)/t10-,11-/m1/s1. The Hall–Kier alpha value is -1.08. The first-order chi connectivity index (χ1) is 9.03. The number of hydrogen-bond acceptors (Lipinski definition) is 5. The Morgan fingerprint density at radius 3 is 2.50 bits per heavy atom. The molecule has 0 bridgehead atoms. The molecule has 116 valence electrons. The lowest BCUT2D eigenvalue weighted by Gasteiger charge is -2.37. The van der Waals surface area contributed by atoms with Crippen molar-refractivity contribution in [2.24, 2.45) is 0 Å². The first-order valence-corrected chi connectivity index (χ1v) is 9.68. The molecule has 1 N–H and O–H groups in total. The highest BCUT2D eigenvalue weighted by Crippen LogP contribution is 2.36. The van der Waals surface area contributed by atoms with Gasteiger partial charge in [0, 0.05) is 6.92 Å². The van der Waals surface area contributed by atoms with Crippen molar-refractivity contribution in [1.82, 2.24) is 5.32 Å². The van der Waals surface area contributed by atoms with Gasteiger partial charge in [-0.05, 0) is 18.1 Å². The molecule has 0 aromatic rings. The Morgan fingerprint density at radius 2 is 2.10 bits per heavy atom. The highest BCUT2D eigenvalue weighted by molar-refractivity contribution is 6.74. The number of nitrogens with one attached hydrogen (secondary N) is 1.